The molecule has 0 radical (unpaired) electrons. The van der Waals surface area contributed by atoms with E-state index in [0.29, 0.717) is 17.7 Å². The SMILES string of the molecule is C1CC[C@]2(CCC[C@@H]3O[C@@H]32)NC1. The Morgan fingerprint density at radius 1 is 1.17 bits per heavy atom. The van der Waals surface area contributed by atoms with Crippen LogP contribution in [0.15, 0.2) is 0 Å². The van der Waals surface area contributed by atoms with E-state index < -0.39 is 0 Å². The Labute approximate surface area is 73.7 Å². The second-order valence-corrected chi connectivity index (χ2v) is 4.53. The number of fused-ring (bicyclic) bond motifs is 2. The molecule has 1 saturated carbocycles. The third-order valence-electron chi connectivity index (χ3n) is 3.77. The summed E-state index contributed by atoms with van der Waals surface area (Å²) in [5.41, 5.74) is 0.418. The smallest absolute Gasteiger partial charge is 0.102 e. The van der Waals surface area contributed by atoms with Crippen LogP contribution < -0.4 is 5.32 Å². The van der Waals surface area contributed by atoms with Crippen molar-refractivity contribution in [2.75, 3.05) is 6.54 Å². The van der Waals surface area contributed by atoms with Crippen LogP contribution in [0.3, 0.4) is 0 Å². The number of hydrogen-bond donors (Lipinski definition) is 1. The largest absolute Gasteiger partial charge is 0.368 e. The average molecular weight is 167 g/mol. The predicted octanol–water partition coefficient (Wildman–Crippen LogP) is 1.45. The lowest BCUT2D eigenvalue weighted by Gasteiger charge is -2.39. The van der Waals surface area contributed by atoms with Gasteiger partial charge in [-0.05, 0) is 38.6 Å². The quantitative estimate of drug-likeness (QED) is 0.552. The summed E-state index contributed by atoms with van der Waals surface area (Å²) in [5, 5.41) is 3.70. The van der Waals surface area contributed by atoms with Gasteiger partial charge in [0.1, 0.15) is 6.10 Å². The molecule has 3 aliphatic rings. The van der Waals surface area contributed by atoms with Crippen molar-refractivity contribution in [1.29, 1.82) is 0 Å². The standard InChI is InChI=1S/C10H17NO/c1-2-7-11-10(5-1)6-3-4-8-9(10)12-8/h8-9,11H,1-7H2/t8-,9-,10+/m0/s1. The summed E-state index contributed by atoms with van der Waals surface area (Å²) in [6, 6.07) is 0. The van der Waals surface area contributed by atoms with Gasteiger partial charge in [-0.2, -0.15) is 0 Å². The molecule has 12 heavy (non-hydrogen) atoms. The maximum Gasteiger partial charge on any atom is 0.102 e. The fourth-order valence-corrected chi connectivity index (χ4v) is 3.06. The molecule has 0 unspecified atom stereocenters. The van der Waals surface area contributed by atoms with Gasteiger partial charge in [-0.1, -0.05) is 6.42 Å². The maximum atomic E-state index is 5.71. The molecule has 3 fully saturated rings. The molecule has 0 bridgehead atoms. The molecule has 2 saturated heterocycles. The predicted molar refractivity (Wildman–Crippen MR) is 47.1 cm³/mol. The minimum atomic E-state index is 0.418. The second kappa shape index (κ2) is 2.46. The van der Waals surface area contributed by atoms with E-state index in [1.54, 1.807) is 0 Å². The van der Waals surface area contributed by atoms with Crippen molar-refractivity contribution in [3.8, 4) is 0 Å². The third kappa shape index (κ3) is 0.944. The molecule has 1 aliphatic carbocycles. The van der Waals surface area contributed by atoms with E-state index in [2.05, 4.69) is 5.32 Å². The molecular formula is C10H17NO. The van der Waals surface area contributed by atoms with Crippen molar-refractivity contribution in [3.63, 3.8) is 0 Å². The fourth-order valence-electron chi connectivity index (χ4n) is 3.06. The van der Waals surface area contributed by atoms with Crippen molar-refractivity contribution < 1.29 is 4.74 Å². The van der Waals surface area contributed by atoms with Gasteiger partial charge in [0.15, 0.2) is 0 Å². The van der Waals surface area contributed by atoms with Crippen LogP contribution >= 0.6 is 0 Å². The van der Waals surface area contributed by atoms with E-state index in [9.17, 15) is 0 Å². The summed E-state index contributed by atoms with van der Waals surface area (Å²) in [4.78, 5) is 0. The van der Waals surface area contributed by atoms with Gasteiger partial charge in [-0.25, -0.2) is 0 Å². The summed E-state index contributed by atoms with van der Waals surface area (Å²) in [6.07, 6.45) is 9.37. The lowest BCUT2D eigenvalue weighted by Crippen LogP contribution is -2.54. The first-order valence-corrected chi connectivity index (χ1v) is 5.31. The molecule has 1 N–H and O–H groups in total. The molecular weight excluding hydrogens is 150 g/mol. The third-order valence-corrected chi connectivity index (χ3v) is 3.77. The van der Waals surface area contributed by atoms with Crippen LogP contribution in [0, 0.1) is 0 Å². The first-order chi connectivity index (χ1) is 5.91. The highest BCUT2D eigenvalue weighted by molar-refractivity contribution is 5.10. The molecule has 2 heteroatoms. The van der Waals surface area contributed by atoms with Gasteiger partial charge in [0.2, 0.25) is 0 Å². The highest BCUT2D eigenvalue weighted by atomic mass is 16.6. The number of rotatable bonds is 0. The van der Waals surface area contributed by atoms with Crippen molar-refractivity contribution >= 4 is 0 Å². The van der Waals surface area contributed by atoms with Crippen LogP contribution in [-0.4, -0.2) is 24.3 Å². The van der Waals surface area contributed by atoms with E-state index in [1.807, 2.05) is 0 Å². The first-order valence-electron chi connectivity index (χ1n) is 5.31. The van der Waals surface area contributed by atoms with Crippen LogP contribution in [0.5, 0.6) is 0 Å². The zero-order valence-corrected chi connectivity index (χ0v) is 7.51. The summed E-state index contributed by atoms with van der Waals surface area (Å²) in [6.45, 7) is 1.21. The zero-order chi connectivity index (χ0) is 8.02. The van der Waals surface area contributed by atoms with Crippen molar-refractivity contribution in [1.82, 2.24) is 5.32 Å². The summed E-state index contributed by atoms with van der Waals surface area (Å²) < 4.78 is 5.71. The van der Waals surface area contributed by atoms with Crippen LogP contribution in [0.2, 0.25) is 0 Å². The molecule has 3 rings (SSSR count). The number of nitrogens with one attached hydrogen (secondary N) is 1. The highest BCUT2D eigenvalue weighted by Gasteiger charge is 2.56. The molecule has 0 aromatic rings. The number of epoxide rings is 1. The van der Waals surface area contributed by atoms with Crippen molar-refractivity contribution in [2.45, 2.75) is 56.3 Å². The van der Waals surface area contributed by atoms with Gasteiger partial charge >= 0.3 is 0 Å². The minimum Gasteiger partial charge on any atom is -0.368 e. The highest BCUT2D eigenvalue weighted by Crippen LogP contribution is 2.46. The Hall–Kier alpha value is -0.0800. The monoisotopic (exact) mass is 167 g/mol. The zero-order valence-electron chi connectivity index (χ0n) is 7.51. The van der Waals surface area contributed by atoms with Gasteiger partial charge in [0.05, 0.1) is 6.10 Å². The van der Waals surface area contributed by atoms with E-state index >= 15 is 0 Å². The number of piperidine rings is 1. The molecule has 2 nitrogen and oxygen atoms in total. The summed E-state index contributed by atoms with van der Waals surface area (Å²) in [5.74, 6) is 0. The Balaban J connectivity index is 1.78. The van der Waals surface area contributed by atoms with Crippen molar-refractivity contribution in [3.05, 3.63) is 0 Å². The van der Waals surface area contributed by atoms with Crippen LogP contribution in [0.4, 0.5) is 0 Å². The summed E-state index contributed by atoms with van der Waals surface area (Å²) >= 11 is 0. The lowest BCUT2D eigenvalue weighted by molar-refractivity contribution is 0.176. The minimum absolute atomic E-state index is 0.418. The molecule has 0 amide bonds. The Bertz CT molecular complexity index is 181. The summed E-state index contributed by atoms with van der Waals surface area (Å²) in [7, 11) is 0. The van der Waals surface area contributed by atoms with Gasteiger partial charge in [0.25, 0.3) is 0 Å². The molecule has 1 spiro atoms. The van der Waals surface area contributed by atoms with Gasteiger partial charge in [-0.15, -0.1) is 0 Å². The molecule has 2 heterocycles. The number of ether oxygens (including phenoxy) is 1. The molecule has 2 aliphatic heterocycles. The Kier molecular flexibility index (Phi) is 1.50. The van der Waals surface area contributed by atoms with Gasteiger partial charge < -0.3 is 10.1 Å². The topological polar surface area (TPSA) is 24.6 Å². The van der Waals surface area contributed by atoms with Crippen LogP contribution in [-0.2, 0) is 4.74 Å². The normalized spacial score (nSPS) is 52.0. The second-order valence-electron chi connectivity index (χ2n) is 4.53. The Morgan fingerprint density at radius 3 is 2.92 bits per heavy atom. The van der Waals surface area contributed by atoms with Crippen LogP contribution in [0.1, 0.15) is 38.5 Å². The molecule has 68 valence electrons. The Morgan fingerprint density at radius 2 is 2.08 bits per heavy atom. The van der Waals surface area contributed by atoms with E-state index in [4.69, 9.17) is 4.74 Å². The molecule has 0 aromatic heterocycles. The van der Waals surface area contributed by atoms with Gasteiger partial charge in [-0.3, -0.25) is 0 Å². The lowest BCUT2D eigenvalue weighted by atomic mass is 9.76. The average Bonchev–Trinajstić information content (AvgIpc) is 2.87. The first kappa shape index (κ1) is 7.34. The number of hydrogen-bond acceptors (Lipinski definition) is 2. The molecule has 0 aromatic carbocycles. The van der Waals surface area contributed by atoms with E-state index in [1.165, 1.54) is 45.1 Å². The van der Waals surface area contributed by atoms with Crippen LogP contribution in [0.25, 0.3) is 0 Å². The maximum absolute atomic E-state index is 5.71. The fraction of sp³-hybridized carbons (Fsp3) is 1.00. The van der Waals surface area contributed by atoms with Gasteiger partial charge in [0, 0.05) is 5.54 Å². The molecule has 3 atom stereocenters. The van der Waals surface area contributed by atoms with E-state index in [0.717, 1.165) is 0 Å². The van der Waals surface area contributed by atoms with E-state index in [-0.39, 0.29) is 0 Å². The van der Waals surface area contributed by atoms with Crippen molar-refractivity contribution in [2.24, 2.45) is 0 Å².